The molecule has 4 rings (SSSR count). The Balaban J connectivity index is 1.54. The first-order valence-electron chi connectivity index (χ1n) is 13.7. The summed E-state index contributed by atoms with van der Waals surface area (Å²) in [5.74, 6) is 7.18. The van der Waals surface area contributed by atoms with Gasteiger partial charge in [0.05, 0.1) is 0 Å². The highest BCUT2D eigenvalue weighted by molar-refractivity contribution is 5.82. The third-order valence-corrected chi connectivity index (χ3v) is 11.9. The summed E-state index contributed by atoms with van der Waals surface area (Å²) in [5, 5.41) is 0. The molecule has 4 saturated carbocycles. The number of hydrogen-bond donors (Lipinski definition) is 0. The summed E-state index contributed by atoms with van der Waals surface area (Å²) in [7, 11) is 0. The average molecular weight is 427 g/mol. The van der Waals surface area contributed by atoms with E-state index in [1.54, 1.807) is 5.57 Å². The Hall–Kier alpha value is -0.590. The number of allylic oxidation sites excluding steroid dienone is 2. The molecule has 1 heteroatoms. The Labute approximate surface area is 193 Å². The molecule has 0 N–H and O–H groups in total. The molecule has 0 bridgehead atoms. The molecule has 1 nitrogen and oxygen atoms in total. The van der Waals surface area contributed by atoms with Crippen LogP contribution in [-0.2, 0) is 4.79 Å². The smallest absolute Gasteiger partial charge is 0.136 e. The van der Waals surface area contributed by atoms with Crippen molar-refractivity contribution in [2.24, 2.45) is 64.1 Å². The average Bonchev–Trinajstić information content (AvgIpc) is 3.07. The highest BCUT2D eigenvalue weighted by Gasteiger charge is 2.61. The summed E-state index contributed by atoms with van der Waals surface area (Å²) in [4.78, 5) is 12.5. The summed E-state index contributed by atoms with van der Waals surface area (Å²) in [5.41, 5.74) is 2.56. The van der Waals surface area contributed by atoms with Crippen molar-refractivity contribution in [3.05, 3.63) is 11.6 Å². The van der Waals surface area contributed by atoms with Gasteiger partial charge in [0.25, 0.3) is 0 Å². The Morgan fingerprint density at radius 1 is 0.903 bits per heavy atom. The lowest BCUT2D eigenvalue weighted by atomic mass is 9.43. The van der Waals surface area contributed by atoms with E-state index in [0.717, 1.165) is 36.0 Å². The van der Waals surface area contributed by atoms with Gasteiger partial charge in [0.2, 0.25) is 0 Å². The predicted molar refractivity (Wildman–Crippen MR) is 132 cm³/mol. The molecule has 4 aliphatic rings. The first kappa shape index (κ1) is 23.6. The molecule has 0 amide bonds. The lowest BCUT2D eigenvalue weighted by Gasteiger charge is -2.61. The van der Waals surface area contributed by atoms with E-state index in [1.807, 2.05) is 0 Å². The first-order valence-corrected chi connectivity index (χ1v) is 13.7. The van der Waals surface area contributed by atoms with E-state index in [4.69, 9.17) is 0 Å². The van der Waals surface area contributed by atoms with Crippen LogP contribution in [-0.4, -0.2) is 5.78 Å². The van der Waals surface area contributed by atoms with E-state index in [0.29, 0.717) is 40.3 Å². The van der Waals surface area contributed by atoms with Gasteiger partial charge in [0.1, 0.15) is 5.78 Å². The number of rotatable bonds is 4. The zero-order chi connectivity index (χ0) is 22.7. The molecule has 10 atom stereocenters. The van der Waals surface area contributed by atoms with Crippen LogP contribution in [0.4, 0.5) is 0 Å². The van der Waals surface area contributed by atoms with Crippen LogP contribution in [0.1, 0.15) is 107 Å². The predicted octanol–water partition coefficient (Wildman–Crippen LogP) is 8.33. The van der Waals surface area contributed by atoms with Crippen LogP contribution >= 0.6 is 0 Å². The fourth-order valence-electron chi connectivity index (χ4n) is 9.63. The van der Waals surface area contributed by atoms with Crippen molar-refractivity contribution < 1.29 is 4.79 Å². The van der Waals surface area contributed by atoms with Crippen molar-refractivity contribution >= 4 is 5.78 Å². The lowest BCUT2D eigenvalue weighted by molar-refractivity contribution is -0.150. The maximum atomic E-state index is 12.5. The van der Waals surface area contributed by atoms with Crippen molar-refractivity contribution in [3.8, 4) is 0 Å². The number of Topliss-reactive ketones (excluding diaryl/α,β-unsaturated/α-hetero) is 1. The van der Waals surface area contributed by atoms with Crippen LogP contribution in [0.5, 0.6) is 0 Å². The summed E-state index contributed by atoms with van der Waals surface area (Å²) < 4.78 is 0. The van der Waals surface area contributed by atoms with Gasteiger partial charge in [-0.15, -0.1) is 0 Å². The Kier molecular flexibility index (Phi) is 6.33. The van der Waals surface area contributed by atoms with Gasteiger partial charge in [0.15, 0.2) is 0 Å². The standard InChI is InChI=1S/C30H50O/c1-18(2)21(5)19(3)17-20(4)24-11-12-26-23-9-10-25-22(6)28(31)14-16-30(25,8)27(23)13-15-29(24,26)7/h17-18,20-27H,9-16H2,1-8H3/b19-17+/t20-,21-,22+,23?,24?,25?,26?,27?,29-,30+/m1/s1. The van der Waals surface area contributed by atoms with E-state index in [2.05, 4.69) is 61.5 Å². The fraction of sp³-hybridized carbons (Fsp3) is 0.900. The second-order valence-corrected chi connectivity index (χ2v) is 13.4. The second-order valence-electron chi connectivity index (χ2n) is 13.4. The maximum absolute atomic E-state index is 12.5. The largest absolute Gasteiger partial charge is 0.299 e. The number of carbonyl (C=O) groups is 1. The SMILES string of the molecule is C/C(=C\[C@@H](C)C1CCC2C3CCC4[C@H](C)C(=O)CC[C@]4(C)C3CC[C@@]21C)[C@H](C)C(C)C. The molecule has 0 spiro atoms. The summed E-state index contributed by atoms with van der Waals surface area (Å²) >= 11 is 0. The zero-order valence-electron chi connectivity index (χ0n) is 21.8. The number of ketones is 1. The number of fused-ring (bicyclic) bond motifs is 5. The van der Waals surface area contributed by atoms with E-state index >= 15 is 0 Å². The second kappa shape index (κ2) is 8.32. The van der Waals surface area contributed by atoms with Crippen LogP contribution in [0.3, 0.4) is 0 Å². The number of hydrogen-bond acceptors (Lipinski definition) is 1. The van der Waals surface area contributed by atoms with Crippen molar-refractivity contribution in [2.45, 2.75) is 107 Å². The van der Waals surface area contributed by atoms with Gasteiger partial charge in [0, 0.05) is 12.3 Å². The molecule has 0 aromatic carbocycles. The van der Waals surface area contributed by atoms with Crippen LogP contribution in [0, 0.1) is 64.1 Å². The topological polar surface area (TPSA) is 17.1 Å². The molecule has 0 heterocycles. The van der Waals surface area contributed by atoms with Crippen molar-refractivity contribution in [1.82, 2.24) is 0 Å². The number of carbonyl (C=O) groups excluding carboxylic acids is 1. The molecule has 0 saturated heterocycles. The monoisotopic (exact) mass is 426 g/mol. The molecular formula is C30H50O. The van der Waals surface area contributed by atoms with Crippen LogP contribution in [0.2, 0.25) is 0 Å². The summed E-state index contributed by atoms with van der Waals surface area (Å²) in [6, 6.07) is 0. The quantitative estimate of drug-likeness (QED) is 0.413. The maximum Gasteiger partial charge on any atom is 0.136 e. The third-order valence-electron chi connectivity index (χ3n) is 11.9. The highest BCUT2D eigenvalue weighted by atomic mass is 16.1. The molecule has 5 unspecified atom stereocenters. The van der Waals surface area contributed by atoms with Crippen molar-refractivity contribution in [1.29, 1.82) is 0 Å². The molecule has 0 aromatic rings. The third kappa shape index (κ3) is 3.69. The molecule has 4 aliphatic carbocycles. The van der Waals surface area contributed by atoms with Crippen LogP contribution < -0.4 is 0 Å². The van der Waals surface area contributed by atoms with Gasteiger partial charge in [-0.25, -0.2) is 0 Å². The van der Waals surface area contributed by atoms with E-state index in [1.165, 1.54) is 44.9 Å². The Morgan fingerprint density at radius 2 is 1.55 bits per heavy atom. The normalized spacial score (nSPS) is 47.5. The van der Waals surface area contributed by atoms with Gasteiger partial charge in [-0.05, 0) is 110 Å². The summed E-state index contributed by atoms with van der Waals surface area (Å²) in [6.07, 6.45) is 13.1. The fourth-order valence-corrected chi connectivity index (χ4v) is 9.63. The van der Waals surface area contributed by atoms with Gasteiger partial charge < -0.3 is 0 Å². The minimum absolute atomic E-state index is 0.306. The first-order chi connectivity index (χ1) is 14.5. The van der Waals surface area contributed by atoms with Crippen LogP contribution in [0.15, 0.2) is 11.6 Å². The van der Waals surface area contributed by atoms with Crippen molar-refractivity contribution in [2.75, 3.05) is 0 Å². The van der Waals surface area contributed by atoms with Gasteiger partial charge in [-0.1, -0.05) is 60.1 Å². The van der Waals surface area contributed by atoms with E-state index < -0.39 is 0 Å². The molecule has 31 heavy (non-hydrogen) atoms. The van der Waals surface area contributed by atoms with Gasteiger partial charge in [-0.2, -0.15) is 0 Å². The Morgan fingerprint density at radius 3 is 2.23 bits per heavy atom. The minimum atomic E-state index is 0.306. The minimum Gasteiger partial charge on any atom is -0.299 e. The van der Waals surface area contributed by atoms with Crippen LogP contribution in [0.25, 0.3) is 0 Å². The zero-order valence-corrected chi connectivity index (χ0v) is 21.8. The van der Waals surface area contributed by atoms with Gasteiger partial charge >= 0.3 is 0 Å². The summed E-state index contributed by atoms with van der Waals surface area (Å²) in [6.45, 7) is 19.5. The highest BCUT2D eigenvalue weighted by Crippen LogP contribution is 2.68. The molecule has 0 radical (unpaired) electrons. The van der Waals surface area contributed by atoms with Gasteiger partial charge in [-0.3, -0.25) is 4.79 Å². The molecule has 176 valence electrons. The lowest BCUT2D eigenvalue weighted by Crippen LogP contribution is -2.55. The molecule has 0 aromatic heterocycles. The molecular weight excluding hydrogens is 376 g/mol. The Bertz CT molecular complexity index is 718. The van der Waals surface area contributed by atoms with E-state index in [-0.39, 0.29) is 0 Å². The molecule has 4 fully saturated rings. The van der Waals surface area contributed by atoms with Crippen molar-refractivity contribution in [3.63, 3.8) is 0 Å². The molecule has 0 aliphatic heterocycles. The van der Waals surface area contributed by atoms with E-state index in [9.17, 15) is 4.79 Å².